The van der Waals surface area contributed by atoms with Gasteiger partial charge in [0.2, 0.25) is 0 Å². The fourth-order valence-corrected chi connectivity index (χ4v) is 2.45. The SMILES string of the molecule is CN=C(NCc1ccc(COCC(F)(F)F)cc1)N(C)CCOCC1CC1. The van der Waals surface area contributed by atoms with Crippen molar-refractivity contribution in [1.82, 2.24) is 10.2 Å². The van der Waals surface area contributed by atoms with Gasteiger partial charge < -0.3 is 19.7 Å². The van der Waals surface area contributed by atoms with Crippen molar-refractivity contribution in [3.63, 3.8) is 0 Å². The number of likely N-dealkylation sites (N-methyl/N-ethyl adjacent to an activating group) is 1. The molecule has 2 rings (SSSR count). The summed E-state index contributed by atoms with van der Waals surface area (Å²) in [5.41, 5.74) is 1.71. The summed E-state index contributed by atoms with van der Waals surface area (Å²) in [6.07, 6.45) is -1.73. The Labute approximate surface area is 158 Å². The molecule has 0 saturated heterocycles. The van der Waals surface area contributed by atoms with Gasteiger partial charge in [-0.05, 0) is 29.9 Å². The molecule has 0 aliphatic heterocycles. The van der Waals surface area contributed by atoms with Crippen molar-refractivity contribution in [3.8, 4) is 0 Å². The third-order valence-corrected chi connectivity index (χ3v) is 4.20. The molecule has 0 aromatic heterocycles. The highest BCUT2D eigenvalue weighted by Gasteiger charge is 2.27. The highest BCUT2D eigenvalue weighted by atomic mass is 19.4. The molecule has 152 valence electrons. The third kappa shape index (κ3) is 9.10. The number of halogens is 3. The van der Waals surface area contributed by atoms with Crippen LogP contribution in [0.2, 0.25) is 0 Å². The van der Waals surface area contributed by atoms with E-state index in [0.717, 1.165) is 30.6 Å². The lowest BCUT2D eigenvalue weighted by molar-refractivity contribution is -0.176. The number of hydrogen-bond donors (Lipinski definition) is 1. The summed E-state index contributed by atoms with van der Waals surface area (Å²) in [6, 6.07) is 7.27. The number of ether oxygens (including phenoxy) is 2. The molecule has 1 aliphatic rings. The normalized spacial score (nSPS) is 15.1. The molecule has 0 bridgehead atoms. The van der Waals surface area contributed by atoms with Crippen molar-refractivity contribution < 1.29 is 22.6 Å². The van der Waals surface area contributed by atoms with Gasteiger partial charge in [0, 0.05) is 33.8 Å². The molecule has 1 aliphatic carbocycles. The first kappa shape index (κ1) is 21.5. The summed E-state index contributed by atoms with van der Waals surface area (Å²) in [4.78, 5) is 6.27. The number of rotatable bonds is 10. The Morgan fingerprint density at radius 3 is 2.44 bits per heavy atom. The molecule has 1 aromatic carbocycles. The van der Waals surface area contributed by atoms with Crippen LogP contribution in [0.15, 0.2) is 29.3 Å². The summed E-state index contributed by atoms with van der Waals surface area (Å²) in [5, 5.41) is 3.27. The van der Waals surface area contributed by atoms with Crippen LogP contribution in [0, 0.1) is 5.92 Å². The fraction of sp³-hybridized carbons (Fsp3) is 0.632. The van der Waals surface area contributed by atoms with Crippen molar-refractivity contribution >= 4 is 5.96 Å². The van der Waals surface area contributed by atoms with Crippen molar-refractivity contribution in [3.05, 3.63) is 35.4 Å². The molecule has 27 heavy (non-hydrogen) atoms. The molecule has 1 aromatic rings. The molecular weight excluding hydrogens is 359 g/mol. The topological polar surface area (TPSA) is 46.1 Å². The molecular formula is C19H28F3N3O2. The summed E-state index contributed by atoms with van der Waals surface area (Å²) in [6.45, 7) is 1.55. The average Bonchev–Trinajstić information content (AvgIpc) is 3.44. The van der Waals surface area contributed by atoms with Crippen LogP contribution in [0.5, 0.6) is 0 Å². The molecule has 1 N–H and O–H groups in total. The predicted molar refractivity (Wildman–Crippen MR) is 98.5 cm³/mol. The van der Waals surface area contributed by atoms with E-state index in [9.17, 15) is 13.2 Å². The van der Waals surface area contributed by atoms with Gasteiger partial charge in [0.05, 0.1) is 13.2 Å². The first-order valence-electron chi connectivity index (χ1n) is 9.09. The molecule has 0 spiro atoms. The van der Waals surface area contributed by atoms with Crippen LogP contribution in [0.1, 0.15) is 24.0 Å². The van der Waals surface area contributed by atoms with E-state index in [-0.39, 0.29) is 6.61 Å². The molecule has 8 heteroatoms. The van der Waals surface area contributed by atoms with E-state index in [2.05, 4.69) is 15.0 Å². The smallest absolute Gasteiger partial charge is 0.379 e. The van der Waals surface area contributed by atoms with Crippen LogP contribution < -0.4 is 5.32 Å². The maximum Gasteiger partial charge on any atom is 0.411 e. The second kappa shape index (κ2) is 10.5. The number of aliphatic imine (C=N–C) groups is 1. The second-order valence-electron chi connectivity index (χ2n) is 6.77. The number of nitrogens with zero attached hydrogens (tertiary/aromatic N) is 2. The van der Waals surface area contributed by atoms with Gasteiger partial charge in [-0.3, -0.25) is 4.99 Å². The minimum atomic E-state index is -4.30. The maximum atomic E-state index is 12.1. The van der Waals surface area contributed by atoms with E-state index in [4.69, 9.17) is 4.74 Å². The minimum absolute atomic E-state index is 0.0571. The Balaban J connectivity index is 1.68. The van der Waals surface area contributed by atoms with Crippen molar-refractivity contribution in [2.45, 2.75) is 32.2 Å². The number of alkyl halides is 3. The molecule has 0 atom stereocenters. The van der Waals surface area contributed by atoms with E-state index >= 15 is 0 Å². The van der Waals surface area contributed by atoms with Gasteiger partial charge >= 0.3 is 6.18 Å². The highest BCUT2D eigenvalue weighted by molar-refractivity contribution is 5.79. The zero-order chi connectivity index (χ0) is 19.7. The van der Waals surface area contributed by atoms with E-state index in [1.807, 2.05) is 24.1 Å². The molecule has 0 heterocycles. The van der Waals surface area contributed by atoms with Crippen LogP contribution >= 0.6 is 0 Å². The van der Waals surface area contributed by atoms with Gasteiger partial charge in [-0.25, -0.2) is 0 Å². The predicted octanol–water partition coefficient (Wildman–Crippen LogP) is 3.20. The first-order valence-corrected chi connectivity index (χ1v) is 9.09. The summed E-state index contributed by atoms with van der Waals surface area (Å²) < 4.78 is 46.5. The van der Waals surface area contributed by atoms with E-state index < -0.39 is 12.8 Å². The van der Waals surface area contributed by atoms with Crippen LogP contribution in [-0.4, -0.2) is 57.5 Å². The molecule has 1 fully saturated rings. The number of nitrogens with one attached hydrogen (secondary N) is 1. The van der Waals surface area contributed by atoms with Gasteiger partial charge in [-0.2, -0.15) is 13.2 Å². The number of guanidine groups is 1. The van der Waals surface area contributed by atoms with Crippen molar-refractivity contribution in [2.75, 3.05) is 40.5 Å². The fourth-order valence-electron chi connectivity index (χ4n) is 2.45. The lowest BCUT2D eigenvalue weighted by Gasteiger charge is -2.22. The Morgan fingerprint density at radius 2 is 1.85 bits per heavy atom. The third-order valence-electron chi connectivity index (χ3n) is 4.20. The van der Waals surface area contributed by atoms with Gasteiger partial charge in [0.1, 0.15) is 6.61 Å². The summed E-state index contributed by atoms with van der Waals surface area (Å²) in [5.74, 6) is 1.53. The number of hydrogen-bond acceptors (Lipinski definition) is 3. The zero-order valence-electron chi connectivity index (χ0n) is 15.9. The van der Waals surface area contributed by atoms with E-state index in [1.165, 1.54) is 12.8 Å². The lowest BCUT2D eigenvalue weighted by atomic mass is 10.1. The van der Waals surface area contributed by atoms with Gasteiger partial charge in [-0.15, -0.1) is 0 Å². The van der Waals surface area contributed by atoms with Crippen LogP contribution in [0.4, 0.5) is 13.2 Å². The summed E-state index contributed by atoms with van der Waals surface area (Å²) in [7, 11) is 3.68. The molecule has 5 nitrogen and oxygen atoms in total. The molecule has 1 saturated carbocycles. The van der Waals surface area contributed by atoms with Crippen molar-refractivity contribution in [2.24, 2.45) is 10.9 Å². The zero-order valence-corrected chi connectivity index (χ0v) is 15.9. The maximum absolute atomic E-state index is 12.1. The van der Waals surface area contributed by atoms with Gasteiger partial charge in [-0.1, -0.05) is 24.3 Å². The lowest BCUT2D eigenvalue weighted by Crippen LogP contribution is -2.40. The van der Waals surface area contributed by atoms with Crippen LogP contribution in [0.3, 0.4) is 0 Å². The van der Waals surface area contributed by atoms with E-state index in [0.29, 0.717) is 18.7 Å². The number of benzene rings is 1. The Hall–Kier alpha value is -1.80. The van der Waals surface area contributed by atoms with E-state index in [1.54, 1.807) is 19.2 Å². The Morgan fingerprint density at radius 1 is 1.19 bits per heavy atom. The molecule has 0 unspecified atom stereocenters. The largest absolute Gasteiger partial charge is 0.411 e. The monoisotopic (exact) mass is 387 g/mol. The highest BCUT2D eigenvalue weighted by Crippen LogP contribution is 2.28. The molecule has 0 radical (unpaired) electrons. The summed E-state index contributed by atoms with van der Waals surface area (Å²) >= 11 is 0. The van der Waals surface area contributed by atoms with Gasteiger partial charge in [0.25, 0.3) is 0 Å². The molecule has 0 amide bonds. The Bertz CT molecular complexity index is 587. The van der Waals surface area contributed by atoms with Crippen LogP contribution in [-0.2, 0) is 22.6 Å². The van der Waals surface area contributed by atoms with Crippen molar-refractivity contribution in [1.29, 1.82) is 0 Å². The Kier molecular flexibility index (Phi) is 8.37. The minimum Gasteiger partial charge on any atom is -0.379 e. The quantitative estimate of drug-likeness (QED) is 0.381. The van der Waals surface area contributed by atoms with Gasteiger partial charge in [0.15, 0.2) is 5.96 Å². The second-order valence-corrected chi connectivity index (χ2v) is 6.77. The average molecular weight is 387 g/mol. The first-order chi connectivity index (χ1) is 12.9. The standard InChI is InChI=1S/C19H28F3N3O2/c1-23-18(25(2)9-10-26-12-16-7-8-16)24-11-15-3-5-17(6-4-15)13-27-14-19(20,21)22/h3-6,16H,7-14H2,1-2H3,(H,23,24). The van der Waals surface area contributed by atoms with Crippen LogP contribution in [0.25, 0.3) is 0 Å².